The largest absolute Gasteiger partial charge is 0.0798 e. The second-order valence-corrected chi connectivity index (χ2v) is 12.2. The number of hydrogen-bond donors (Lipinski definition) is 0. The Morgan fingerprint density at radius 2 is 0.906 bits per heavy atom. The Hall–Kier alpha value is -2.78. The Balaban J connectivity index is 1.58. The van der Waals surface area contributed by atoms with Crippen LogP contribution in [0.4, 0.5) is 0 Å². The van der Waals surface area contributed by atoms with Crippen molar-refractivity contribution in [3.05, 3.63) is 144 Å². The second kappa shape index (κ2) is 10.2. The zero-order chi connectivity index (χ0) is 21.6. The molecular weight excluding hydrogens is 422 g/mol. The highest BCUT2D eigenvalue weighted by molar-refractivity contribution is 7.77. The number of hydrogen-bond acceptors (Lipinski definition) is 0. The van der Waals surface area contributed by atoms with E-state index in [1.165, 1.54) is 26.5 Å². The third-order valence-electron chi connectivity index (χ3n) is 5.76. The fraction of sp³-hybridized carbons (Fsp3) is 0.0667. The lowest BCUT2D eigenvalue weighted by molar-refractivity contribution is 1.25. The minimum Gasteiger partial charge on any atom is -0.0798 e. The maximum Gasteiger partial charge on any atom is -0.00211 e. The van der Waals surface area contributed by atoms with E-state index in [0.717, 1.165) is 12.6 Å². The Bertz CT molecular complexity index is 1120. The van der Waals surface area contributed by atoms with Gasteiger partial charge in [-0.3, -0.25) is 0 Å². The molecule has 4 aromatic rings. The average molecular weight is 448 g/mol. The Morgan fingerprint density at radius 3 is 1.34 bits per heavy atom. The molecule has 1 aliphatic rings. The van der Waals surface area contributed by atoms with Gasteiger partial charge < -0.3 is 0 Å². The summed E-state index contributed by atoms with van der Waals surface area (Å²) in [5.74, 6) is 0. The molecule has 5 rings (SSSR count). The number of rotatable bonds is 7. The number of benzene rings is 4. The van der Waals surface area contributed by atoms with Gasteiger partial charge in [0.15, 0.2) is 0 Å². The molecular formula is C30H26P2. The highest BCUT2D eigenvalue weighted by Crippen LogP contribution is 2.50. The van der Waals surface area contributed by atoms with E-state index in [-0.39, 0.29) is 0 Å². The van der Waals surface area contributed by atoms with Crippen LogP contribution in [0, 0.1) is 0 Å². The molecule has 0 bridgehead atoms. The molecule has 0 aliphatic heterocycles. The van der Waals surface area contributed by atoms with E-state index in [9.17, 15) is 0 Å². The fourth-order valence-electron chi connectivity index (χ4n) is 4.23. The summed E-state index contributed by atoms with van der Waals surface area (Å²) >= 11 is 0. The van der Waals surface area contributed by atoms with E-state index >= 15 is 0 Å². The van der Waals surface area contributed by atoms with Crippen molar-refractivity contribution in [1.29, 1.82) is 0 Å². The van der Waals surface area contributed by atoms with Crippen molar-refractivity contribution >= 4 is 37.1 Å². The molecule has 0 radical (unpaired) electrons. The van der Waals surface area contributed by atoms with Crippen LogP contribution in [-0.2, 0) is 0 Å². The van der Waals surface area contributed by atoms with Crippen molar-refractivity contribution in [2.24, 2.45) is 0 Å². The zero-order valence-electron chi connectivity index (χ0n) is 18.0. The van der Waals surface area contributed by atoms with Crippen LogP contribution >= 0.6 is 15.8 Å². The Kier molecular flexibility index (Phi) is 6.74. The third kappa shape index (κ3) is 4.68. The Labute approximate surface area is 193 Å². The van der Waals surface area contributed by atoms with Gasteiger partial charge >= 0.3 is 0 Å². The van der Waals surface area contributed by atoms with Crippen LogP contribution < -0.4 is 21.2 Å². The van der Waals surface area contributed by atoms with E-state index in [1.54, 1.807) is 5.57 Å². The lowest BCUT2D eigenvalue weighted by Crippen LogP contribution is -2.16. The summed E-state index contributed by atoms with van der Waals surface area (Å²) in [4.78, 5) is 0. The first-order valence-corrected chi connectivity index (χ1v) is 13.9. The first kappa shape index (κ1) is 21.1. The summed E-state index contributed by atoms with van der Waals surface area (Å²) in [7, 11) is -0.995. The summed E-state index contributed by atoms with van der Waals surface area (Å²) in [5, 5.41) is 7.30. The monoisotopic (exact) mass is 448 g/mol. The molecule has 1 aliphatic carbocycles. The molecule has 156 valence electrons. The van der Waals surface area contributed by atoms with Crippen LogP contribution in [0.15, 0.2) is 144 Å². The molecule has 0 fully saturated rings. The van der Waals surface area contributed by atoms with Gasteiger partial charge in [0.1, 0.15) is 0 Å². The van der Waals surface area contributed by atoms with Gasteiger partial charge in [-0.2, -0.15) is 0 Å². The van der Waals surface area contributed by atoms with E-state index in [1.807, 2.05) is 0 Å². The third-order valence-corrected chi connectivity index (χ3v) is 10.9. The molecule has 0 aromatic heterocycles. The van der Waals surface area contributed by atoms with Gasteiger partial charge in [0.2, 0.25) is 0 Å². The van der Waals surface area contributed by atoms with Crippen LogP contribution in [0.2, 0.25) is 0 Å². The molecule has 0 atom stereocenters. The van der Waals surface area contributed by atoms with Crippen molar-refractivity contribution in [3.63, 3.8) is 0 Å². The standard InChI is InChI=1S/C30H26P2/c1-5-15-26(16-6-1)31(27-17-7-2-8-18-27)24-25-14-13-23-30(25)32(28-19-9-3-10-20-28)29-21-11-4-12-22-29/h1-13,15-23H,14,24H2. The summed E-state index contributed by atoms with van der Waals surface area (Å²) in [5.41, 5.74) is 1.60. The molecule has 0 heterocycles. The first-order chi connectivity index (χ1) is 15.9. The normalized spacial score (nSPS) is 13.3. The van der Waals surface area contributed by atoms with Crippen LogP contribution in [0.1, 0.15) is 6.42 Å². The zero-order valence-corrected chi connectivity index (χ0v) is 19.8. The minimum absolute atomic E-state index is 0.439. The highest BCUT2D eigenvalue weighted by atomic mass is 31.1. The maximum atomic E-state index is 2.41. The molecule has 2 heteroatoms. The van der Waals surface area contributed by atoms with E-state index in [2.05, 4.69) is 133 Å². The van der Waals surface area contributed by atoms with Crippen molar-refractivity contribution in [1.82, 2.24) is 0 Å². The van der Waals surface area contributed by atoms with E-state index < -0.39 is 15.8 Å². The molecule has 0 spiro atoms. The van der Waals surface area contributed by atoms with Crippen LogP contribution in [0.3, 0.4) is 0 Å². The van der Waals surface area contributed by atoms with Gasteiger partial charge in [-0.1, -0.05) is 139 Å². The topological polar surface area (TPSA) is 0 Å². The average Bonchev–Trinajstić information content (AvgIpc) is 3.33. The summed E-state index contributed by atoms with van der Waals surface area (Å²) < 4.78 is 0. The molecule has 4 aromatic carbocycles. The van der Waals surface area contributed by atoms with Crippen LogP contribution in [-0.4, -0.2) is 6.16 Å². The van der Waals surface area contributed by atoms with Crippen LogP contribution in [0.5, 0.6) is 0 Å². The van der Waals surface area contributed by atoms with E-state index in [0.29, 0.717) is 0 Å². The van der Waals surface area contributed by atoms with Gasteiger partial charge in [0.25, 0.3) is 0 Å². The van der Waals surface area contributed by atoms with Gasteiger partial charge in [-0.05, 0) is 55.0 Å². The van der Waals surface area contributed by atoms with Crippen LogP contribution in [0.25, 0.3) is 0 Å². The number of allylic oxidation sites excluding steroid dienone is 4. The van der Waals surface area contributed by atoms with Gasteiger partial charge in [0, 0.05) is 0 Å². The molecule has 0 N–H and O–H groups in total. The van der Waals surface area contributed by atoms with Crippen molar-refractivity contribution < 1.29 is 0 Å². The fourth-order valence-corrected chi connectivity index (χ4v) is 9.30. The second-order valence-electron chi connectivity index (χ2n) is 7.86. The van der Waals surface area contributed by atoms with Gasteiger partial charge in [-0.15, -0.1) is 0 Å². The smallest absolute Gasteiger partial charge is 0.00211 e. The molecule has 0 amide bonds. The quantitative estimate of drug-likeness (QED) is 0.285. The SMILES string of the molecule is C1=CC(P(c2ccccc2)c2ccccc2)=C(CP(c2ccccc2)c2ccccc2)C1. The first-order valence-electron chi connectivity index (χ1n) is 11.1. The maximum absolute atomic E-state index is 2.41. The van der Waals surface area contributed by atoms with Gasteiger partial charge in [0.05, 0.1) is 0 Å². The lowest BCUT2D eigenvalue weighted by atomic mass is 10.3. The Morgan fingerprint density at radius 1 is 0.500 bits per heavy atom. The van der Waals surface area contributed by atoms with Crippen molar-refractivity contribution in [2.75, 3.05) is 6.16 Å². The molecule has 0 nitrogen and oxygen atoms in total. The minimum atomic E-state index is -0.557. The molecule has 32 heavy (non-hydrogen) atoms. The van der Waals surface area contributed by atoms with E-state index in [4.69, 9.17) is 0 Å². The molecule has 0 unspecified atom stereocenters. The molecule has 0 saturated heterocycles. The summed E-state index contributed by atoms with van der Waals surface area (Å²) in [6.07, 6.45) is 6.95. The lowest BCUT2D eigenvalue weighted by Gasteiger charge is -2.24. The summed E-state index contributed by atoms with van der Waals surface area (Å²) in [6.45, 7) is 0. The highest BCUT2D eigenvalue weighted by Gasteiger charge is 2.25. The predicted octanol–water partition coefficient (Wildman–Crippen LogP) is 6.47. The van der Waals surface area contributed by atoms with Crippen molar-refractivity contribution in [2.45, 2.75) is 6.42 Å². The summed E-state index contributed by atoms with van der Waals surface area (Å²) in [6, 6.07) is 44.3. The van der Waals surface area contributed by atoms with Crippen molar-refractivity contribution in [3.8, 4) is 0 Å². The van der Waals surface area contributed by atoms with Gasteiger partial charge in [-0.25, -0.2) is 0 Å². The molecule has 0 saturated carbocycles. The predicted molar refractivity (Wildman–Crippen MR) is 144 cm³/mol.